The number of hydrazine groups is 1. The molecule has 0 saturated heterocycles. The van der Waals surface area contributed by atoms with E-state index >= 15 is 0 Å². The lowest BCUT2D eigenvalue weighted by Gasteiger charge is -2.15. The predicted molar refractivity (Wildman–Crippen MR) is 78.6 cm³/mol. The highest BCUT2D eigenvalue weighted by molar-refractivity contribution is 7.99. The van der Waals surface area contributed by atoms with Crippen molar-refractivity contribution in [2.45, 2.75) is 10.8 Å². The molecule has 3 nitrogen and oxygen atoms in total. The minimum Gasteiger partial charge on any atom is -0.294 e. The van der Waals surface area contributed by atoms with Crippen molar-refractivity contribution in [2.75, 3.05) is 5.75 Å². The van der Waals surface area contributed by atoms with Crippen molar-refractivity contribution >= 4 is 17.7 Å². The van der Waals surface area contributed by atoms with Crippen LogP contribution in [-0.4, -0.2) is 11.7 Å². The molecule has 2 aromatic rings. The summed E-state index contributed by atoms with van der Waals surface area (Å²) in [5, 5.41) is 0. The first-order valence-corrected chi connectivity index (χ1v) is 7.23. The van der Waals surface area contributed by atoms with Crippen LogP contribution < -0.4 is 11.3 Å². The Kier molecular flexibility index (Phi) is 5.30. The predicted octanol–water partition coefficient (Wildman–Crippen LogP) is 2.83. The highest BCUT2D eigenvalue weighted by atomic mass is 32.2. The molecular formula is C15H14F2N2OS. The molecule has 0 radical (unpaired) electrons. The number of carbonyl (C=O) groups excluding carboxylic acids is 1. The highest BCUT2D eigenvalue weighted by Gasteiger charge is 2.20. The van der Waals surface area contributed by atoms with Gasteiger partial charge in [-0.2, -0.15) is 0 Å². The third-order valence-electron chi connectivity index (χ3n) is 2.96. The van der Waals surface area contributed by atoms with Gasteiger partial charge in [-0.25, -0.2) is 14.6 Å². The van der Waals surface area contributed by atoms with Gasteiger partial charge in [-0.05, 0) is 23.8 Å². The largest absolute Gasteiger partial charge is 0.294 e. The minimum absolute atomic E-state index is 0.167. The van der Waals surface area contributed by atoms with Crippen LogP contribution >= 0.6 is 11.8 Å². The number of hydrogen-bond acceptors (Lipinski definition) is 3. The molecule has 0 aliphatic rings. The number of rotatable bonds is 5. The van der Waals surface area contributed by atoms with Gasteiger partial charge in [0.25, 0.3) is 0 Å². The second-order valence-corrected chi connectivity index (χ2v) is 5.42. The summed E-state index contributed by atoms with van der Waals surface area (Å²) in [5.41, 5.74) is 2.87. The van der Waals surface area contributed by atoms with E-state index in [9.17, 15) is 13.6 Å². The lowest BCUT2D eigenvalue weighted by atomic mass is 10.0. The Morgan fingerprint density at radius 2 is 1.90 bits per heavy atom. The van der Waals surface area contributed by atoms with Gasteiger partial charge in [0, 0.05) is 10.6 Å². The van der Waals surface area contributed by atoms with Crippen molar-refractivity contribution < 1.29 is 13.6 Å². The smallest absolute Gasteiger partial charge is 0.242 e. The van der Waals surface area contributed by atoms with Crippen LogP contribution in [0.15, 0.2) is 53.4 Å². The Bertz CT molecular complexity index is 622. The molecule has 2 aromatic carbocycles. The average Bonchev–Trinajstić information content (AvgIpc) is 2.51. The van der Waals surface area contributed by atoms with Crippen LogP contribution in [0.3, 0.4) is 0 Å². The van der Waals surface area contributed by atoms with Crippen molar-refractivity contribution in [3.63, 3.8) is 0 Å². The molecule has 0 aliphatic heterocycles. The molecule has 0 heterocycles. The molecule has 1 amide bonds. The van der Waals surface area contributed by atoms with Crippen LogP contribution in [-0.2, 0) is 4.79 Å². The maximum atomic E-state index is 13.6. The van der Waals surface area contributed by atoms with Gasteiger partial charge in [-0.1, -0.05) is 30.3 Å². The van der Waals surface area contributed by atoms with E-state index in [4.69, 9.17) is 5.84 Å². The minimum atomic E-state index is -0.538. The summed E-state index contributed by atoms with van der Waals surface area (Å²) in [6.45, 7) is 0. The zero-order valence-electron chi connectivity index (χ0n) is 11.1. The van der Waals surface area contributed by atoms with E-state index in [1.54, 1.807) is 24.3 Å². The number of carbonyl (C=O) groups is 1. The summed E-state index contributed by atoms with van der Waals surface area (Å²) in [6.07, 6.45) is 0. The fraction of sp³-hybridized carbons (Fsp3) is 0.133. The van der Waals surface area contributed by atoms with Crippen molar-refractivity contribution in [2.24, 2.45) is 5.84 Å². The quantitative estimate of drug-likeness (QED) is 0.386. The molecule has 6 heteroatoms. The summed E-state index contributed by atoms with van der Waals surface area (Å²) in [6, 6.07) is 12.3. The molecule has 1 atom stereocenters. The van der Waals surface area contributed by atoms with E-state index in [1.165, 1.54) is 0 Å². The van der Waals surface area contributed by atoms with Crippen LogP contribution in [0.4, 0.5) is 8.78 Å². The van der Waals surface area contributed by atoms with Crippen LogP contribution in [0, 0.1) is 11.6 Å². The second-order valence-electron chi connectivity index (χ2n) is 4.36. The lowest BCUT2D eigenvalue weighted by molar-refractivity contribution is -0.122. The summed E-state index contributed by atoms with van der Waals surface area (Å²) in [4.78, 5) is 12.0. The first kappa shape index (κ1) is 15.5. The normalized spacial score (nSPS) is 12.0. The molecule has 0 fully saturated rings. The molecule has 0 spiro atoms. The first-order chi connectivity index (χ1) is 10.1. The van der Waals surface area contributed by atoms with Gasteiger partial charge in [0.05, 0.1) is 5.92 Å². The second kappa shape index (κ2) is 7.19. The Labute approximate surface area is 125 Å². The van der Waals surface area contributed by atoms with Crippen LogP contribution in [0.5, 0.6) is 0 Å². The number of hydrogen-bond donors (Lipinski definition) is 2. The number of benzene rings is 2. The molecule has 2 rings (SSSR count). The van der Waals surface area contributed by atoms with Gasteiger partial charge in [0.1, 0.15) is 11.6 Å². The van der Waals surface area contributed by atoms with Crippen LogP contribution in [0.25, 0.3) is 0 Å². The summed E-state index contributed by atoms with van der Waals surface area (Å²) < 4.78 is 26.7. The molecule has 1 unspecified atom stereocenters. The van der Waals surface area contributed by atoms with Gasteiger partial charge < -0.3 is 0 Å². The molecule has 0 saturated carbocycles. The molecular weight excluding hydrogens is 294 g/mol. The van der Waals surface area contributed by atoms with Gasteiger partial charge in [0.2, 0.25) is 5.91 Å². The molecule has 0 bridgehead atoms. The topological polar surface area (TPSA) is 55.1 Å². The third kappa shape index (κ3) is 4.03. The molecule has 3 N–H and O–H groups in total. The Hall–Kier alpha value is -1.92. The summed E-state index contributed by atoms with van der Waals surface area (Å²) in [7, 11) is 0. The van der Waals surface area contributed by atoms with E-state index < -0.39 is 17.6 Å². The molecule has 110 valence electrons. The van der Waals surface area contributed by atoms with E-state index in [0.717, 1.165) is 35.5 Å². The molecule has 21 heavy (non-hydrogen) atoms. The fourth-order valence-electron chi connectivity index (χ4n) is 1.87. The Morgan fingerprint density at radius 3 is 2.57 bits per heavy atom. The Balaban J connectivity index is 2.16. The number of nitrogens with two attached hydrogens (primary N) is 1. The van der Waals surface area contributed by atoms with E-state index in [0.29, 0.717) is 0 Å². The number of nitrogens with one attached hydrogen (secondary N) is 1. The van der Waals surface area contributed by atoms with E-state index in [2.05, 4.69) is 5.43 Å². The third-order valence-corrected chi connectivity index (χ3v) is 4.08. The SMILES string of the molecule is NNC(=O)C(CSc1cc(F)ccc1F)c1ccccc1. The maximum Gasteiger partial charge on any atom is 0.242 e. The van der Waals surface area contributed by atoms with Crippen molar-refractivity contribution in [3.05, 3.63) is 65.7 Å². The van der Waals surface area contributed by atoms with Crippen molar-refractivity contribution in [1.82, 2.24) is 5.43 Å². The summed E-state index contributed by atoms with van der Waals surface area (Å²) in [5.74, 6) is 3.51. The molecule has 0 aromatic heterocycles. The number of thioether (sulfide) groups is 1. The lowest BCUT2D eigenvalue weighted by Crippen LogP contribution is -2.35. The zero-order chi connectivity index (χ0) is 15.2. The summed E-state index contributed by atoms with van der Waals surface area (Å²) >= 11 is 1.08. The van der Waals surface area contributed by atoms with Crippen molar-refractivity contribution in [1.29, 1.82) is 0 Å². The standard InChI is InChI=1S/C15H14F2N2OS/c16-11-6-7-13(17)14(8-11)21-9-12(15(20)19-18)10-4-2-1-3-5-10/h1-8,12H,9,18H2,(H,19,20). The van der Waals surface area contributed by atoms with Gasteiger partial charge in [-0.15, -0.1) is 11.8 Å². The average molecular weight is 308 g/mol. The Morgan fingerprint density at radius 1 is 1.19 bits per heavy atom. The van der Waals surface area contributed by atoms with Gasteiger partial charge in [0.15, 0.2) is 0 Å². The van der Waals surface area contributed by atoms with Crippen LogP contribution in [0.2, 0.25) is 0 Å². The highest BCUT2D eigenvalue weighted by Crippen LogP contribution is 2.28. The molecule has 0 aliphatic carbocycles. The maximum absolute atomic E-state index is 13.6. The first-order valence-electron chi connectivity index (χ1n) is 6.25. The number of amides is 1. The van der Waals surface area contributed by atoms with Crippen molar-refractivity contribution in [3.8, 4) is 0 Å². The van der Waals surface area contributed by atoms with E-state index in [1.807, 2.05) is 6.07 Å². The zero-order valence-corrected chi connectivity index (χ0v) is 11.9. The monoisotopic (exact) mass is 308 g/mol. The fourth-order valence-corrected chi connectivity index (χ4v) is 2.96. The van der Waals surface area contributed by atoms with Gasteiger partial charge in [-0.3, -0.25) is 10.2 Å². The van der Waals surface area contributed by atoms with Gasteiger partial charge >= 0.3 is 0 Å². The van der Waals surface area contributed by atoms with E-state index in [-0.39, 0.29) is 16.6 Å². The van der Waals surface area contributed by atoms with Crippen LogP contribution in [0.1, 0.15) is 11.5 Å². The number of halogens is 2.